The molecule has 146 valence electrons. The number of thiazole rings is 2. The van der Waals surface area contributed by atoms with Crippen molar-refractivity contribution in [3.05, 3.63) is 24.5 Å². The number of nitrogens with one attached hydrogen (secondary N) is 2. The molecule has 2 fully saturated rings. The number of pyridine rings is 1. The number of anilines is 1. The van der Waals surface area contributed by atoms with E-state index in [1.165, 1.54) is 25.7 Å². The number of nitrogens with zero attached hydrogens (tertiary/aromatic N) is 4. The van der Waals surface area contributed by atoms with Crippen molar-refractivity contribution in [2.75, 3.05) is 11.9 Å². The van der Waals surface area contributed by atoms with Crippen molar-refractivity contribution in [2.45, 2.75) is 43.8 Å². The van der Waals surface area contributed by atoms with E-state index in [0.29, 0.717) is 18.1 Å². The standard InChI is InChI=1S/C19H20N6S2.ClH/c1-25(13-8-11-2-3-12(9-13)22-11)19-24-18-17(27-19)23-16(26-18)15-14-10(4-6-20-14)5-7-21-15;/h4-7,11-13,20,22H,2-3,8-9H2,1H3;1H/t11-,12+,13?;. The molecule has 0 radical (unpaired) electrons. The number of hydrogen-bond acceptors (Lipinski definition) is 7. The van der Waals surface area contributed by atoms with E-state index in [1.54, 1.807) is 22.7 Å². The smallest absolute Gasteiger partial charge is 0.188 e. The monoisotopic (exact) mass is 432 g/mol. The van der Waals surface area contributed by atoms with E-state index >= 15 is 0 Å². The van der Waals surface area contributed by atoms with Crippen LogP contribution in [-0.2, 0) is 0 Å². The molecule has 2 bridgehead atoms. The van der Waals surface area contributed by atoms with E-state index in [2.05, 4.69) is 33.3 Å². The molecule has 0 spiro atoms. The minimum absolute atomic E-state index is 0. The maximum absolute atomic E-state index is 4.91. The third-order valence-electron chi connectivity index (χ3n) is 5.94. The summed E-state index contributed by atoms with van der Waals surface area (Å²) in [5, 5.41) is 6.91. The lowest BCUT2D eigenvalue weighted by Gasteiger charge is -2.35. The van der Waals surface area contributed by atoms with Crippen molar-refractivity contribution in [3.8, 4) is 10.7 Å². The van der Waals surface area contributed by atoms with Gasteiger partial charge in [0, 0.05) is 43.0 Å². The molecule has 6 heterocycles. The van der Waals surface area contributed by atoms with Gasteiger partial charge in [-0.2, -0.15) is 0 Å². The van der Waals surface area contributed by atoms with Gasteiger partial charge in [-0.25, -0.2) is 9.97 Å². The quantitative estimate of drug-likeness (QED) is 0.501. The summed E-state index contributed by atoms with van der Waals surface area (Å²) in [4.78, 5) is 22.0. The molecule has 2 aliphatic rings. The highest BCUT2D eigenvalue weighted by atomic mass is 35.5. The van der Waals surface area contributed by atoms with Crippen LogP contribution in [0.15, 0.2) is 24.5 Å². The summed E-state index contributed by atoms with van der Waals surface area (Å²) in [6.07, 6.45) is 8.88. The van der Waals surface area contributed by atoms with Crippen molar-refractivity contribution < 1.29 is 0 Å². The maximum atomic E-state index is 4.91. The first-order chi connectivity index (χ1) is 13.2. The molecule has 6 rings (SSSR count). The third kappa shape index (κ3) is 2.90. The molecule has 4 aromatic rings. The summed E-state index contributed by atoms with van der Waals surface area (Å²) in [5.74, 6) is 0. The highest BCUT2D eigenvalue weighted by Crippen LogP contribution is 2.39. The number of aromatic amines is 1. The summed E-state index contributed by atoms with van der Waals surface area (Å²) >= 11 is 3.33. The van der Waals surface area contributed by atoms with Gasteiger partial charge in [-0.3, -0.25) is 4.98 Å². The lowest BCUT2D eigenvalue weighted by Crippen LogP contribution is -2.47. The minimum atomic E-state index is 0. The molecule has 4 aromatic heterocycles. The van der Waals surface area contributed by atoms with E-state index in [0.717, 1.165) is 36.4 Å². The third-order valence-corrected chi connectivity index (χ3v) is 8.06. The summed E-state index contributed by atoms with van der Waals surface area (Å²) in [6, 6.07) is 6.04. The SMILES string of the molecule is CN(c1nc2sc(-c3nccc4cc[nH]c34)nc2s1)C1C[C@H]2CC[C@@H](C1)N2.Cl. The summed E-state index contributed by atoms with van der Waals surface area (Å²) < 4.78 is 0. The molecule has 9 heteroatoms. The average Bonchev–Trinajstić information content (AvgIpc) is 3.43. The molecule has 1 unspecified atom stereocenters. The van der Waals surface area contributed by atoms with Gasteiger partial charge in [0.25, 0.3) is 0 Å². The molecule has 28 heavy (non-hydrogen) atoms. The Balaban J connectivity index is 0.00000171. The van der Waals surface area contributed by atoms with Gasteiger partial charge in [0.05, 0.1) is 5.52 Å². The number of hydrogen-bond donors (Lipinski definition) is 2. The van der Waals surface area contributed by atoms with Gasteiger partial charge in [-0.1, -0.05) is 22.7 Å². The highest BCUT2D eigenvalue weighted by Gasteiger charge is 2.36. The number of H-pyrrole nitrogens is 1. The Morgan fingerprint density at radius 2 is 1.86 bits per heavy atom. The van der Waals surface area contributed by atoms with Gasteiger partial charge in [0.15, 0.2) is 14.8 Å². The van der Waals surface area contributed by atoms with Crippen molar-refractivity contribution in [1.82, 2.24) is 25.3 Å². The van der Waals surface area contributed by atoms with E-state index in [1.807, 2.05) is 18.5 Å². The predicted molar refractivity (Wildman–Crippen MR) is 119 cm³/mol. The van der Waals surface area contributed by atoms with Gasteiger partial charge in [-0.15, -0.1) is 12.4 Å². The second kappa shape index (κ2) is 6.95. The summed E-state index contributed by atoms with van der Waals surface area (Å²) in [5.41, 5.74) is 1.96. The zero-order chi connectivity index (χ0) is 18.0. The highest BCUT2D eigenvalue weighted by molar-refractivity contribution is 7.29. The van der Waals surface area contributed by atoms with E-state index in [-0.39, 0.29) is 12.4 Å². The zero-order valence-electron chi connectivity index (χ0n) is 15.4. The van der Waals surface area contributed by atoms with E-state index < -0.39 is 0 Å². The van der Waals surface area contributed by atoms with Crippen LogP contribution >= 0.6 is 35.1 Å². The number of aromatic nitrogens is 4. The minimum Gasteiger partial charge on any atom is -0.359 e. The maximum Gasteiger partial charge on any atom is 0.188 e. The fraction of sp³-hybridized carbons (Fsp3) is 0.421. The van der Waals surface area contributed by atoms with Crippen molar-refractivity contribution in [3.63, 3.8) is 0 Å². The molecule has 0 amide bonds. The van der Waals surface area contributed by atoms with Crippen LogP contribution in [0.25, 0.3) is 31.3 Å². The Bertz CT molecular complexity index is 1090. The lowest BCUT2D eigenvalue weighted by molar-refractivity contribution is 0.354. The molecular weight excluding hydrogens is 412 g/mol. The van der Waals surface area contributed by atoms with Crippen LogP contribution in [-0.4, -0.2) is 45.1 Å². The molecule has 6 nitrogen and oxygen atoms in total. The van der Waals surface area contributed by atoms with E-state index in [4.69, 9.17) is 9.97 Å². The topological polar surface area (TPSA) is 69.7 Å². The van der Waals surface area contributed by atoms with Crippen LogP contribution in [0.4, 0.5) is 5.13 Å². The molecule has 0 aromatic carbocycles. The Morgan fingerprint density at radius 1 is 1.07 bits per heavy atom. The first-order valence-corrected chi connectivity index (χ1v) is 11.1. The number of rotatable bonds is 3. The van der Waals surface area contributed by atoms with Gasteiger partial charge in [0.2, 0.25) is 0 Å². The lowest BCUT2D eigenvalue weighted by atomic mass is 9.99. The van der Waals surface area contributed by atoms with E-state index in [9.17, 15) is 0 Å². The molecule has 0 saturated carbocycles. The van der Waals surface area contributed by atoms with Gasteiger partial charge >= 0.3 is 0 Å². The second-order valence-corrected chi connectivity index (χ2v) is 9.53. The first-order valence-electron chi connectivity index (χ1n) is 9.43. The fourth-order valence-corrected chi connectivity index (χ4v) is 6.60. The van der Waals surface area contributed by atoms with Crippen molar-refractivity contribution in [1.29, 1.82) is 0 Å². The first kappa shape index (κ1) is 18.3. The van der Waals surface area contributed by atoms with Crippen LogP contribution in [0.1, 0.15) is 25.7 Å². The fourth-order valence-electron chi connectivity index (χ4n) is 4.53. The van der Waals surface area contributed by atoms with Gasteiger partial charge < -0.3 is 15.2 Å². The predicted octanol–water partition coefficient (Wildman–Crippen LogP) is 4.44. The van der Waals surface area contributed by atoms with Crippen LogP contribution in [0.3, 0.4) is 0 Å². The normalized spacial score (nSPS) is 24.0. The van der Waals surface area contributed by atoms with Gasteiger partial charge in [-0.05, 0) is 37.8 Å². The zero-order valence-corrected chi connectivity index (χ0v) is 17.8. The van der Waals surface area contributed by atoms with Crippen LogP contribution in [0.5, 0.6) is 0 Å². The van der Waals surface area contributed by atoms with Crippen LogP contribution in [0, 0.1) is 0 Å². The number of halogens is 1. The summed E-state index contributed by atoms with van der Waals surface area (Å²) in [7, 11) is 2.19. The van der Waals surface area contributed by atoms with Crippen molar-refractivity contribution >= 4 is 60.8 Å². The molecule has 3 atom stereocenters. The molecule has 2 saturated heterocycles. The average molecular weight is 433 g/mol. The van der Waals surface area contributed by atoms with Crippen molar-refractivity contribution in [2.24, 2.45) is 0 Å². The summed E-state index contributed by atoms with van der Waals surface area (Å²) in [6.45, 7) is 0. The molecular formula is C19H21ClN6S2. The second-order valence-electron chi connectivity index (χ2n) is 7.60. The number of fused-ring (bicyclic) bond motifs is 4. The largest absolute Gasteiger partial charge is 0.359 e. The Labute approximate surface area is 176 Å². The molecule has 2 aliphatic heterocycles. The Hall–Kier alpha value is -1.74. The Morgan fingerprint density at radius 3 is 2.64 bits per heavy atom. The van der Waals surface area contributed by atoms with Crippen LogP contribution < -0.4 is 10.2 Å². The molecule has 2 N–H and O–H groups in total. The molecule has 0 aliphatic carbocycles. The number of piperidine rings is 1. The van der Waals surface area contributed by atoms with Gasteiger partial charge in [0.1, 0.15) is 10.7 Å². The Kier molecular flexibility index (Phi) is 4.54. The van der Waals surface area contributed by atoms with Crippen LogP contribution in [0.2, 0.25) is 0 Å².